The van der Waals surface area contributed by atoms with Crippen molar-refractivity contribution in [2.75, 3.05) is 39.3 Å². The summed E-state index contributed by atoms with van der Waals surface area (Å²) in [5.74, 6) is 0. The molecule has 0 bridgehead atoms. The van der Waals surface area contributed by atoms with Crippen molar-refractivity contribution >= 4 is 0 Å². The zero-order valence-corrected chi connectivity index (χ0v) is 40.7. The highest BCUT2D eigenvalue weighted by molar-refractivity contribution is 5.21. The molecule has 1 aromatic rings. The lowest BCUT2D eigenvalue weighted by Gasteiger charge is -2.38. The molecule has 0 unspecified atom stereocenters. The molecular weight excluding hydrogens is 812 g/mol. The molecule has 1 rings (SSSR count). The predicted octanol–water partition coefficient (Wildman–Crippen LogP) is 10.0. The Bertz CT molecular complexity index is 917. The highest BCUT2D eigenvalue weighted by Gasteiger charge is 2.27. The lowest BCUT2D eigenvalue weighted by atomic mass is 10.0. The Balaban J connectivity index is 0. The van der Waals surface area contributed by atoms with Gasteiger partial charge >= 0.3 is 0 Å². The van der Waals surface area contributed by atoms with Crippen molar-refractivity contribution in [3.05, 3.63) is 86.0 Å². The quantitative estimate of drug-likeness (QED) is 0.0349. The number of unbranched alkanes of at least 4 members (excludes halogenated alkanes) is 26. The molecule has 0 aliphatic carbocycles. The highest BCUT2D eigenvalue weighted by Crippen LogP contribution is 2.23. The number of rotatable bonds is 42. The molecule has 0 saturated carbocycles. The molecule has 0 spiro atoms. The maximum atomic E-state index is 4.18. The van der Waals surface area contributed by atoms with Crippen LogP contribution in [0.5, 0.6) is 0 Å². The fourth-order valence-electron chi connectivity index (χ4n) is 8.83. The Morgan fingerprint density at radius 3 is 0.732 bits per heavy atom. The van der Waals surface area contributed by atoms with Gasteiger partial charge in [-0.15, -0.1) is 0 Å². The lowest BCUT2D eigenvalue weighted by molar-refractivity contribution is -0.930. The van der Waals surface area contributed by atoms with Crippen molar-refractivity contribution < 1.29 is 42.9 Å². The van der Waals surface area contributed by atoms with Crippen molar-refractivity contribution in [1.29, 1.82) is 0 Å². The van der Waals surface area contributed by atoms with Gasteiger partial charge in [-0.1, -0.05) is 219 Å². The molecule has 0 aromatic heterocycles. The van der Waals surface area contributed by atoms with Crippen LogP contribution < -0.4 is 34.0 Å². The molecule has 0 amide bonds. The van der Waals surface area contributed by atoms with Crippen LogP contribution in [0.15, 0.2) is 74.9 Å². The van der Waals surface area contributed by atoms with E-state index in [1.54, 1.807) is 0 Å². The second-order valence-electron chi connectivity index (χ2n) is 17.3. The number of quaternary nitrogens is 2. The van der Waals surface area contributed by atoms with Crippen LogP contribution in [0, 0.1) is 0 Å². The second-order valence-corrected chi connectivity index (χ2v) is 17.3. The molecule has 326 valence electrons. The fourth-order valence-corrected chi connectivity index (χ4v) is 8.83. The van der Waals surface area contributed by atoms with E-state index in [0.29, 0.717) is 0 Å². The number of hydrogen-bond donors (Lipinski definition) is 0. The first kappa shape index (κ1) is 57.2. The smallest absolute Gasteiger partial charge is 0.105 e. The van der Waals surface area contributed by atoms with Crippen LogP contribution in [0.1, 0.15) is 205 Å². The Morgan fingerprint density at radius 2 is 0.536 bits per heavy atom. The van der Waals surface area contributed by atoms with E-state index in [-0.39, 0.29) is 34.0 Å². The largest absolute Gasteiger partial charge is 1.00 e. The van der Waals surface area contributed by atoms with Gasteiger partial charge in [0.1, 0.15) is 13.1 Å². The summed E-state index contributed by atoms with van der Waals surface area (Å²) in [5.41, 5.74) is 2.87. The van der Waals surface area contributed by atoms with E-state index in [9.17, 15) is 0 Å². The van der Waals surface area contributed by atoms with Gasteiger partial charge in [-0.25, -0.2) is 0 Å². The van der Waals surface area contributed by atoms with E-state index in [0.717, 1.165) is 48.2 Å². The van der Waals surface area contributed by atoms with Gasteiger partial charge in [0.25, 0.3) is 0 Å². The fraction of sp³-hybridized carbons (Fsp3) is 0.731. The van der Waals surface area contributed by atoms with Crippen LogP contribution in [0.25, 0.3) is 0 Å². The number of hydrogen-bond acceptors (Lipinski definition) is 0. The molecule has 0 aliphatic rings. The second kappa shape index (κ2) is 40.8. The molecule has 0 radical (unpaired) electrons. The Labute approximate surface area is 372 Å². The molecule has 0 saturated heterocycles. The molecule has 0 aliphatic heterocycles. The summed E-state index contributed by atoms with van der Waals surface area (Å²) in [6, 6.07) is 9.62. The molecular formula is C52H94Br2N2. The summed E-state index contributed by atoms with van der Waals surface area (Å²) in [6.45, 7) is 29.8. The summed E-state index contributed by atoms with van der Waals surface area (Å²) >= 11 is 0. The Hall–Kier alpha value is -0.940. The van der Waals surface area contributed by atoms with Crippen molar-refractivity contribution in [2.45, 2.75) is 207 Å². The monoisotopic (exact) mass is 905 g/mol. The van der Waals surface area contributed by atoms with E-state index in [2.05, 4.69) is 88.7 Å². The Kier molecular flexibility index (Phi) is 41.7. The van der Waals surface area contributed by atoms with Crippen LogP contribution in [0.4, 0.5) is 0 Å². The summed E-state index contributed by atoms with van der Waals surface area (Å²) in [5, 5.41) is 0. The van der Waals surface area contributed by atoms with E-state index < -0.39 is 0 Å². The molecule has 2 nitrogen and oxygen atoms in total. The predicted molar refractivity (Wildman–Crippen MR) is 245 cm³/mol. The van der Waals surface area contributed by atoms with Gasteiger partial charge < -0.3 is 42.9 Å². The summed E-state index contributed by atoms with van der Waals surface area (Å²) in [6.07, 6.45) is 47.9. The van der Waals surface area contributed by atoms with E-state index in [1.807, 2.05) is 0 Å². The average Bonchev–Trinajstić information content (AvgIpc) is 3.16. The summed E-state index contributed by atoms with van der Waals surface area (Å²) < 4.78 is 2.08. The first-order chi connectivity index (χ1) is 26.5. The van der Waals surface area contributed by atoms with Crippen molar-refractivity contribution in [3.63, 3.8) is 0 Å². The molecule has 1 aromatic carbocycles. The van der Waals surface area contributed by atoms with E-state index >= 15 is 0 Å². The van der Waals surface area contributed by atoms with Crippen molar-refractivity contribution in [2.24, 2.45) is 0 Å². The third kappa shape index (κ3) is 30.2. The van der Waals surface area contributed by atoms with Gasteiger partial charge in [-0.05, 0) is 50.0 Å². The van der Waals surface area contributed by atoms with Crippen molar-refractivity contribution in [3.8, 4) is 0 Å². The SMILES string of the molecule is C=CC[N+](CC=C)(CCCCCCCCCCCCCCCC)Cc1ccc(C[N+](CC=C)(CC=C)CCCCCCCCCCCCCCCC)cc1.[Br-].[Br-]. The third-order valence-electron chi connectivity index (χ3n) is 12.1. The van der Waals surface area contributed by atoms with Gasteiger partial charge in [0, 0.05) is 11.1 Å². The molecule has 4 heteroatoms. The topological polar surface area (TPSA) is 0 Å². The summed E-state index contributed by atoms with van der Waals surface area (Å²) in [4.78, 5) is 0. The van der Waals surface area contributed by atoms with Gasteiger partial charge in [0.15, 0.2) is 0 Å². The van der Waals surface area contributed by atoms with Crippen LogP contribution in [0.3, 0.4) is 0 Å². The van der Waals surface area contributed by atoms with Gasteiger partial charge in [-0.2, -0.15) is 0 Å². The molecule has 0 N–H and O–H groups in total. The van der Waals surface area contributed by atoms with Gasteiger partial charge in [0.05, 0.1) is 39.3 Å². The van der Waals surface area contributed by atoms with Gasteiger partial charge in [-0.3, -0.25) is 0 Å². The standard InChI is InChI=1S/C52H94N2.2BrH/c1-7-13-15-17-19-21-23-25-27-29-31-33-35-37-47-53(43-9-3,44-10-4)49-51-39-41-52(42-40-51)50-54(45-11-5,46-12-6)48-38-36-34-32-30-28-26-24-22-20-18-16-14-8-2;;/h9-12,39-42H,3-8,13-38,43-50H2,1-2H3;2*1H/q+2;;/p-2. The van der Waals surface area contributed by atoms with E-state index in [1.165, 1.54) is 204 Å². The Morgan fingerprint density at radius 1 is 0.339 bits per heavy atom. The first-order valence-corrected chi connectivity index (χ1v) is 23.7. The van der Waals surface area contributed by atoms with E-state index in [4.69, 9.17) is 0 Å². The zero-order valence-electron chi connectivity index (χ0n) is 37.6. The third-order valence-corrected chi connectivity index (χ3v) is 12.1. The first-order valence-electron chi connectivity index (χ1n) is 23.7. The van der Waals surface area contributed by atoms with Gasteiger partial charge in [0.2, 0.25) is 0 Å². The normalized spacial score (nSPS) is 11.5. The maximum Gasteiger partial charge on any atom is 0.105 e. The zero-order chi connectivity index (χ0) is 39.3. The highest BCUT2D eigenvalue weighted by atomic mass is 79.9. The van der Waals surface area contributed by atoms with Crippen LogP contribution in [-0.4, -0.2) is 48.2 Å². The minimum Gasteiger partial charge on any atom is -1.00 e. The maximum absolute atomic E-state index is 4.18. The average molecular weight is 907 g/mol. The number of halogens is 2. The molecule has 0 heterocycles. The van der Waals surface area contributed by atoms with Crippen LogP contribution in [0.2, 0.25) is 0 Å². The minimum atomic E-state index is 0. The number of benzene rings is 1. The van der Waals surface area contributed by atoms with Crippen LogP contribution in [-0.2, 0) is 13.1 Å². The number of nitrogens with zero attached hydrogens (tertiary/aromatic N) is 2. The van der Waals surface area contributed by atoms with Crippen LogP contribution >= 0.6 is 0 Å². The molecule has 0 atom stereocenters. The summed E-state index contributed by atoms with van der Waals surface area (Å²) in [7, 11) is 0. The van der Waals surface area contributed by atoms with Crippen molar-refractivity contribution in [1.82, 2.24) is 0 Å². The minimum absolute atomic E-state index is 0. The molecule has 0 fully saturated rings. The molecule has 56 heavy (non-hydrogen) atoms. The lowest BCUT2D eigenvalue weighted by Crippen LogP contribution is -3.00.